The molecule has 8 N–H and O–H groups in total. The van der Waals surface area contributed by atoms with E-state index >= 15 is 0 Å². The fourth-order valence-corrected chi connectivity index (χ4v) is 5.18. The van der Waals surface area contributed by atoms with Crippen LogP contribution in [0.2, 0.25) is 0 Å². The van der Waals surface area contributed by atoms with Crippen molar-refractivity contribution in [2.24, 2.45) is 0 Å². The van der Waals surface area contributed by atoms with Gasteiger partial charge in [0.2, 0.25) is 18.0 Å². The third-order valence-electron chi connectivity index (χ3n) is 7.22. The van der Waals surface area contributed by atoms with Gasteiger partial charge in [-0.05, 0) is 36.6 Å². The van der Waals surface area contributed by atoms with E-state index in [1.54, 1.807) is 0 Å². The number of carbonyl (C=O) groups excluding carboxylic acids is 3. The third kappa shape index (κ3) is 9.02. The number of aliphatic hydroxyl groups excluding tert-OH is 1. The zero-order valence-electron chi connectivity index (χ0n) is 25.8. The predicted octanol–water partition coefficient (Wildman–Crippen LogP) is 0.0505. The summed E-state index contributed by atoms with van der Waals surface area (Å²) in [5.74, 6) is -7.64. The molecule has 0 saturated carbocycles. The number of hydrogen-bond donors (Lipinski definition) is 7. The number of alkyl carbamates (subject to hydrolysis) is 1. The normalized spacial score (nSPS) is 18.4. The van der Waals surface area contributed by atoms with Crippen molar-refractivity contribution >= 4 is 33.9 Å². The Morgan fingerprint density at radius 1 is 1.08 bits per heavy atom. The molecule has 1 saturated heterocycles. The van der Waals surface area contributed by atoms with Crippen LogP contribution in [0.5, 0.6) is 11.8 Å². The van der Waals surface area contributed by atoms with Gasteiger partial charge in [0.15, 0.2) is 11.0 Å². The van der Waals surface area contributed by atoms with E-state index in [4.69, 9.17) is 24.6 Å². The number of alkyl halides is 2. The van der Waals surface area contributed by atoms with Gasteiger partial charge < -0.3 is 46.0 Å². The maximum absolute atomic E-state index is 14.6. The Kier molecular flexibility index (Phi) is 11.6. The number of nitrogens with one attached hydrogen (secondary N) is 2. The highest BCUT2D eigenvalue weighted by Gasteiger charge is 2.60. The number of hydrogen-bond acceptors (Lipinski definition) is 14. The number of anilines is 1. The Bertz CT molecular complexity index is 1880. The van der Waals surface area contributed by atoms with E-state index in [1.165, 1.54) is 24.3 Å². The SMILES string of the molecule is Nc1ccn([C@@H]2O[C@H](COC(=O)NCCCCCC(=O)NCc3ccc(C(=O)On4c(O)cc(S(=O)(=O)O)c4O)cc3)[C@H](O)C2(F)F)c(=O)n1. The standard InChI is InChI=1S/C28H32F2N6O13S/c29-28(30)22(39)17(48-25(28)35-11-9-19(31)34-26(35)42)14-47-27(43)32-10-3-1-2-4-20(37)33-13-15-5-7-16(8-6-15)24(41)49-36-21(38)12-18(23(36)40)50(44,45)46/h5-9,11-12,17,22,25,38-40H,1-4,10,13-14H2,(H,32,43)(H,33,37)(H2,31,34,42)(H,44,45,46)/t17-,22+,25-/m1/s1. The van der Waals surface area contributed by atoms with E-state index in [9.17, 15) is 51.7 Å². The van der Waals surface area contributed by atoms with Crippen LogP contribution in [0, 0.1) is 0 Å². The van der Waals surface area contributed by atoms with Gasteiger partial charge in [0.05, 0.1) is 5.56 Å². The summed E-state index contributed by atoms with van der Waals surface area (Å²) < 4.78 is 71.2. The van der Waals surface area contributed by atoms with Crippen LogP contribution >= 0.6 is 0 Å². The number of nitrogen functional groups attached to an aromatic ring is 1. The van der Waals surface area contributed by atoms with E-state index in [-0.39, 0.29) is 41.5 Å². The number of ether oxygens (including phenoxy) is 2. The molecular weight excluding hydrogens is 698 g/mol. The van der Waals surface area contributed by atoms with Crippen LogP contribution < -0.4 is 26.9 Å². The molecule has 1 aliphatic rings. The summed E-state index contributed by atoms with van der Waals surface area (Å²) >= 11 is 0. The molecule has 3 aromatic rings. The number of amides is 2. The van der Waals surface area contributed by atoms with Gasteiger partial charge in [-0.3, -0.25) is 13.9 Å². The number of aromatic nitrogens is 3. The molecule has 1 aromatic carbocycles. The summed E-state index contributed by atoms with van der Waals surface area (Å²) in [6, 6.07) is 7.21. The van der Waals surface area contributed by atoms with Crippen molar-refractivity contribution in [1.82, 2.24) is 24.9 Å². The van der Waals surface area contributed by atoms with Crippen LogP contribution in [-0.2, 0) is 30.9 Å². The fraction of sp³-hybridized carbons (Fsp3) is 0.393. The topological polar surface area (TPSA) is 284 Å². The van der Waals surface area contributed by atoms with Crippen LogP contribution in [0.25, 0.3) is 0 Å². The number of benzene rings is 1. The largest absolute Gasteiger partial charge is 0.492 e. The zero-order chi connectivity index (χ0) is 36.8. The molecule has 19 nitrogen and oxygen atoms in total. The minimum absolute atomic E-state index is 0.0525. The van der Waals surface area contributed by atoms with Crippen molar-refractivity contribution in [3.63, 3.8) is 0 Å². The quantitative estimate of drug-likeness (QED) is 0.0852. The zero-order valence-corrected chi connectivity index (χ0v) is 26.6. The summed E-state index contributed by atoms with van der Waals surface area (Å²) in [6.45, 7) is -0.482. The first-order valence-corrected chi connectivity index (χ1v) is 16.1. The van der Waals surface area contributed by atoms with Crippen LogP contribution in [0.3, 0.4) is 0 Å². The van der Waals surface area contributed by atoms with Crippen molar-refractivity contribution in [3.8, 4) is 11.8 Å². The summed E-state index contributed by atoms with van der Waals surface area (Å²) in [7, 11) is -4.90. The van der Waals surface area contributed by atoms with E-state index in [0.717, 1.165) is 12.3 Å². The molecule has 2 amide bonds. The molecule has 0 bridgehead atoms. The van der Waals surface area contributed by atoms with Gasteiger partial charge in [-0.1, -0.05) is 18.6 Å². The Balaban J connectivity index is 1.10. The molecule has 22 heteroatoms. The van der Waals surface area contributed by atoms with Gasteiger partial charge in [0.25, 0.3) is 16.0 Å². The van der Waals surface area contributed by atoms with Crippen LogP contribution in [-0.4, -0.2) is 91.8 Å². The number of rotatable bonds is 14. The van der Waals surface area contributed by atoms with E-state index in [2.05, 4.69) is 15.6 Å². The second-order valence-corrected chi connectivity index (χ2v) is 12.2. The molecule has 0 spiro atoms. The predicted molar refractivity (Wildman–Crippen MR) is 162 cm³/mol. The molecule has 0 unspecified atom stereocenters. The highest BCUT2D eigenvalue weighted by molar-refractivity contribution is 7.86. The molecule has 2 aromatic heterocycles. The summed E-state index contributed by atoms with van der Waals surface area (Å²) in [6.07, 6.45) is -4.61. The highest BCUT2D eigenvalue weighted by atomic mass is 32.2. The molecule has 272 valence electrons. The third-order valence-corrected chi connectivity index (χ3v) is 8.08. The number of carbonyl (C=O) groups is 3. The minimum Gasteiger partial charge on any atom is -0.492 e. The second kappa shape index (κ2) is 15.5. The molecule has 4 rings (SSSR count). The van der Waals surface area contributed by atoms with Crippen LogP contribution in [0.15, 0.2) is 52.3 Å². The lowest BCUT2D eigenvalue weighted by Gasteiger charge is -2.20. The van der Waals surface area contributed by atoms with Crippen molar-refractivity contribution < 1.29 is 65.8 Å². The summed E-state index contributed by atoms with van der Waals surface area (Å²) in [5.41, 5.74) is 4.80. The Labute approximate surface area is 280 Å². The maximum atomic E-state index is 14.6. The number of aromatic hydroxyl groups is 2. The van der Waals surface area contributed by atoms with Crippen molar-refractivity contribution in [1.29, 1.82) is 0 Å². The lowest BCUT2D eigenvalue weighted by atomic mass is 10.1. The van der Waals surface area contributed by atoms with Gasteiger partial charge >= 0.3 is 23.7 Å². The van der Waals surface area contributed by atoms with Gasteiger partial charge in [0, 0.05) is 31.8 Å². The van der Waals surface area contributed by atoms with Gasteiger partial charge in [-0.2, -0.15) is 22.2 Å². The van der Waals surface area contributed by atoms with Gasteiger partial charge in [-0.25, -0.2) is 14.4 Å². The molecule has 0 radical (unpaired) electrons. The van der Waals surface area contributed by atoms with E-state index in [1.807, 2.05) is 0 Å². The fourth-order valence-electron chi connectivity index (χ4n) is 4.61. The average Bonchev–Trinajstić information content (AvgIpc) is 3.46. The Morgan fingerprint density at radius 3 is 2.42 bits per heavy atom. The number of halogens is 2. The molecule has 3 atom stereocenters. The molecule has 1 fully saturated rings. The number of unbranched alkanes of at least 4 members (excludes halogenated alkanes) is 2. The monoisotopic (exact) mass is 730 g/mol. The summed E-state index contributed by atoms with van der Waals surface area (Å²) in [5, 5.41) is 34.7. The number of nitrogens with zero attached hydrogens (tertiary/aromatic N) is 3. The smallest absolute Gasteiger partial charge is 0.407 e. The molecule has 3 heterocycles. The number of aliphatic hydroxyl groups is 1. The summed E-state index contributed by atoms with van der Waals surface area (Å²) in [4.78, 5) is 55.6. The Morgan fingerprint density at radius 2 is 1.78 bits per heavy atom. The molecule has 50 heavy (non-hydrogen) atoms. The van der Waals surface area contributed by atoms with Crippen LogP contribution in [0.1, 0.15) is 47.8 Å². The first-order valence-electron chi connectivity index (χ1n) is 14.6. The minimum atomic E-state index is -4.90. The highest BCUT2D eigenvalue weighted by Crippen LogP contribution is 2.42. The maximum Gasteiger partial charge on any atom is 0.407 e. The average molecular weight is 731 g/mol. The van der Waals surface area contributed by atoms with Gasteiger partial charge in [-0.15, -0.1) is 4.73 Å². The van der Waals surface area contributed by atoms with Crippen molar-refractivity contribution in [2.75, 3.05) is 18.9 Å². The molecule has 0 aliphatic carbocycles. The Hall–Kier alpha value is -5.32. The van der Waals surface area contributed by atoms with Crippen molar-refractivity contribution in [2.45, 2.75) is 61.5 Å². The van der Waals surface area contributed by atoms with Gasteiger partial charge in [0.1, 0.15) is 18.5 Å². The van der Waals surface area contributed by atoms with Crippen LogP contribution in [0.4, 0.5) is 19.4 Å². The second-order valence-electron chi connectivity index (χ2n) is 10.8. The first kappa shape index (κ1) is 37.5. The molecule has 1 aliphatic heterocycles. The number of nitrogens with two attached hydrogens (primary N) is 1. The first-order chi connectivity index (χ1) is 23.5. The lowest BCUT2D eigenvalue weighted by Crippen LogP contribution is -2.42. The van der Waals surface area contributed by atoms with Crippen molar-refractivity contribution in [3.05, 3.63) is 64.2 Å². The van der Waals surface area contributed by atoms with E-state index in [0.29, 0.717) is 35.5 Å². The lowest BCUT2D eigenvalue weighted by molar-refractivity contribution is -0.140. The molecular formula is C28H32F2N6O13S. The van der Waals surface area contributed by atoms with E-state index < -0.39 is 75.5 Å².